The normalized spacial score (nSPS) is 13.3. The second-order valence-corrected chi connectivity index (χ2v) is 9.79. The Morgan fingerprint density at radius 3 is 1.91 bits per heavy atom. The molecule has 66 valence electrons. The number of rotatable bonds is 3. The van der Waals surface area contributed by atoms with Crippen LogP contribution in [0.2, 0.25) is 25.7 Å². The molecule has 0 aliphatic heterocycles. The van der Waals surface area contributed by atoms with Gasteiger partial charge in [-0.05, 0) is 17.6 Å². The summed E-state index contributed by atoms with van der Waals surface area (Å²) in [5.74, 6) is 0. The topological polar surface area (TPSA) is 0 Å². The van der Waals surface area contributed by atoms with E-state index in [1.54, 1.807) is 0 Å². The number of hydrogen-bond acceptors (Lipinski definition) is 0. The lowest BCUT2D eigenvalue weighted by atomic mass is 10.4. The lowest BCUT2D eigenvalue weighted by Gasteiger charge is -2.19. The fraction of sp³-hybridized carbons (Fsp3) is 0.714. The highest BCUT2D eigenvalue weighted by atomic mass is 35.5. The minimum absolute atomic E-state index is 0.154. The van der Waals surface area contributed by atoms with Crippen LogP contribution in [0, 0.1) is 0 Å². The van der Waals surface area contributed by atoms with Crippen molar-refractivity contribution >= 4 is 19.7 Å². The molecule has 0 atom stereocenters. The Labute approximate surface area is 72.3 Å². The smallest absolute Gasteiger partial charge is 0.184 e. The first-order valence-corrected chi connectivity index (χ1v) is 7.46. The molecule has 0 aliphatic carbocycles. The minimum atomic E-state index is -3.22. The van der Waals surface area contributed by atoms with Gasteiger partial charge < -0.3 is 0 Å². The molecule has 0 unspecified atom stereocenters. The molecular formula is C7H13ClF2Si. The lowest BCUT2D eigenvalue weighted by Crippen LogP contribution is -2.24. The van der Waals surface area contributed by atoms with E-state index in [1.807, 2.05) is 19.6 Å². The van der Waals surface area contributed by atoms with E-state index in [9.17, 15) is 8.78 Å². The minimum Gasteiger partial charge on any atom is -0.184 e. The van der Waals surface area contributed by atoms with Crippen LogP contribution in [0.4, 0.5) is 8.78 Å². The van der Waals surface area contributed by atoms with Gasteiger partial charge in [-0.2, -0.15) is 8.78 Å². The number of allylic oxidation sites excluding steroid dienone is 1. The molecule has 0 radical (unpaired) electrons. The van der Waals surface area contributed by atoms with Crippen molar-refractivity contribution in [3.8, 4) is 0 Å². The van der Waals surface area contributed by atoms with Crippen LogP contribution in [0.15, 0.2) is 12.2 Å². The molecule has 11 heavy (non-hydrogen) atoms. The molecule has 0 aromatic rings. The Morgan fingerprint density at radius 1 is 1.45 bits per heavy atom. The van der Waals surface area contributed by atoms with Crippen LogP contribution in [-0.4, -0.2) is 13.5 Å². The predicted molar refractivity (Wildman–Crippen MR) is 48.1 cm³/mol. The summed E-state index contributed by atoms with van der Waals surface area (Å²) in [6.07, 6.45) is 0. The molecular weight excluding hydrogens is 186 g/mol. The molecule has 0 spiro atoms. The molecule has 4 heteroatoms. The van der Waals surface area contributed by atoms with E-state index in [2.05, 4.69) is 6.58 Å². The van der Waals surface area contributed by atoms with Gasteiger partial charge in [0.25, 0.3) is 0 Å². The molecule has 0 rings (SSSR count). The zero-order valence-corrected chi connectivity index (χ0v) is 8.80. The van der Waals surface area contributed by atoms with Crippen molar-refractivity contribution in [2.75, 3.05) is 0 Å². The van der Waals surface area contributed by atoms with Gasteiger partial charge >= 0.3 is 5.38 Å². The van der Waals surface area contributed by atoms with Gasteiger partial charge in [0.05, 0.1) is 0 Å². The van der Waals surface area contributed by atoms with Gasteiger partial charge in [0.15, 0.2) is 0 Å². The summed E-state index contributed by atoms with van der Waals surface area (Å²) in [5.41, 5.74) is -0.154. The molecule has 0 aromatic heterocycles. The third-order valence-corrected chi connectivity index (χ3v) is 2.90. The van der Waals surface area contributed by atoms with E-state index in [0.717, 1.165) is 0 Å². The molecule has 0 fully saturated rings. The van der Waals surface area contributed by atoms with Gasteiger partial charge in [0, 0.05) is 13.6 Å². The molecule has 0 heterocycles. The molecule has 0 nitrogen and oxygen atoms in total. The number of halogens is 3. The van der Waals surface area contributed by atoms with E-state index >= 15 is 0 Å². The van der Waals surface area contributed by atoms with Crippen molar-refractivity contribution in [1.29, 1.82) is 0 Å². The average molecular weight is 199 g/mol. The van der Waals surface area contributed by atoms with E-state index in [1.165, 1.54) is 0 Å². The molecule has 0 bridgehead atoms. The third-order valence-electron chi connectivity index (χ3n) is 1.14. The van der Waals surface area contributed by atoms with Crippen molar-refractivity contribution in [2.45, 2.75) is 31.1 Å². The van der Waals surface area contributed by atoms with Gasteiger partial charge in [0.2, 0.25) is 0 Å². The van der Waals surface area contributed by atoms with Crippen molar-refractivity contribution < 1.29 is 8.78 Å². The summed E-state index contributed by atoms with van der Waals surface area (Å²) in [4.78, 5) is 0. The van der Waals surface area contributed by atoms with E-state index in [-0.39, 0.29) is 5.57 Å². The van der Waals surface area contributed by atoms with Gasteiger partial charge in [-0.1, -0.05) is 26.2 Å². The zero-order chi connectivity index (χ0) is 9.28. The summed E-state index contributed by atoms with van der Waals surface area (Å²) < 4.78 is 24.7. The second kappa shape index (κ2) is 3.23. The maximum Gasteiger partial charge on any atom is 0.343 e. The summed E-state index contributed by atoms with van der Waals surface area (Å²) in [6.45, 7) is 9.27. The summed E-state index contributed by atoms with van der Waals surface area (Å²) >= 11 is 4.78. The Bertz CT molecular complexity index is 155. The average Bonchev–Trinajstić information content (AvgIpc) is 1.56. The zero-order valence-electron chi connectivity index (χ0n) is 7.05. The molecule has 0 amide bonds. The van der Waals surface area contributed by atoms with Crippen LogP contribution in [0.1, 0.15) is 0 Å². The van der Waals surface area contributed by atoms with Crippen molar-refractivity contribution in [1.82, 2.24) is 0 Å². The van der Waals surface area contributed by atoms with Crippen LogP contribution >= 0.6 is 11.6 Å². The van der Waals surface area contributed by atoms with E-state index in [0.29, 0.717) is 6.04 Å². The van der Waals surface area contributed by atoms with E-state index < -0.39 is 13.5 Å². The Morgan fingerprint density at radius 2 is 1.82 bits per heavy atom. The maximum absolute atomic E-state index is 12.3. The lowest BCUT2D eigenvalue weighted by molar-refractivity contribution is 0.139. The monoisotopic (exact) mass is 198 g/mol. The first-order chi connectivity index (χ1) is 4.63. The molecule has 0 aromatic carbocycles. The quantitative estimate of drug-likeness (QED) is 0.369. The fourth-order valence-electron chi connectivity index (χ4n) is 0.740. The highest BCUT2D eigenvalue weighted by molar-refractivity contribution is 6.76. The standard InChI is InChI=1S/C7H13ClF2Si/c1-6(7(8,9)10)5-11(2,3)4/h1,5H2,2-4H3. The first-order valence-electron chi connectivity index (χ1n) is 3.38. The van der Waals surface area contributed by atoms with Crippen molar-refractivity contribution in [2.24, 2.45) is 0 Å². The van der Waals surface area contributed by atoms with Crippen LogP contribution in [0.25, 0.3) is 0 Å². The largest absolute Gasteiger partial charge is 0.343 e. The van der Waals surface area contributed by atoms with Crippen molar-refractivity contribution in [3.05, 3.63) is 12.2 Å². The number of hydrogen-bond donors (Lipinski definition) is 0. The Hall–Kier alpha value is 0.107. The van der Waals surface area contributed by atoms with Crippen molar-refractivity contribution in [3.63, 3.8) is 0 Å². The Kier molecular flexibility index (Phi) is 3.26. The van der Waals surface area contributed by atoms with Gasteiger partial charge in [0.1, 0.15) is 0 Å². The summed E-state index contributed by atoms with van der Waals surface area (Å²) in [6, 6.07) is 0.378. The maximum atomic E-state index is 12.3. The number of alkyl halides is 3. The summed E-state index contributed by atoms with van der Waals surface area (Å²) in [7, 11) is -1.49. The van der Waals surface area contributed by atoms with Gasteiger partial charge in [-0.25, -0.2) is 0 Å². The predicted octanol–water partition coefficient (Wildman–Crippen LogP) is 3.71. The molecule has 0 aliphatic rings. The van der Waals surface area contributed by atoms with Crippen LogP contribution in [0.3, 0.4) is 0 Å². The second-order valence-electron chi connectivity index (χ2n) is 3.84. The molecule has 0 N–H and O–H groups in total. The molecule has 0 saturated heterocycles. The van der Waals surface area contributed by atoms with E-state index in [4.69, 9.17) is 11.6 Å². The van der Waals surface area contributed by atoms with Crippen LogP contribution in [0.5, 0.6) is 0 Å². The highest BCUT2D eigenvalue weighted by Gasteiger charge is 2.32. The fourth-order valence-corrected chi connectivity index (χ4v) is 2.42. The van der Waals surface area contributed by atoms with Crippen LogP contribution in [-0.2, 0) is 0 Å². The highest BCUT2D eigenvalue weighted by Crippen LogP contribution is 2.32. The van der Waals surface area contributed by atoms with Gasteiger partial charge in [-0.15, -0.1) is 0 Å². The SMILES string of the molecule is C=C(C[Si](C)(C)C)C(F)(F)Cl. The van der Waals surface area contributed by atoms with Crippen LogP contribution < -0.4 is 0 Å². The van der Waals surface area contributed by atoms with Gasteiger partial charge in [-0.3, -0.25) is 0 Å². The first kappa shape index (κ1) is 11.1. The summed E-state index contributed by atoms with van der Waals surface area (Å²) in [5, 5.41) is -3.22. The molecule has 0 saturated carbocycles. The third kappa shape index (κ3) is 5.38. The Balaban J connectivity index is 4.11.